The lowest BCUT2D eigenvalue weighted by Crippen LogP contribution is -2.14. The lowest BCUT2D eigenvalue weighted by molar-refractivity contribution is 0.612. The normalized spacial score (nSPS) is 12.3. The topological polar surface area (TPSA) is 12.0 Å². The van der Waals surface area contributed by atoms with Gasteiger partial charge in [0.25, 0.3) is 0 Å². The molecule has 1 atom stereocenters. The maximum Gasteiger partial charge on any atom is 0.137 e. The molecule has 1 nitrogen and oxygen atoms in total. The largest absolute Gasteiger partial charge is 0.310 e. The van der Waals surface area contributed by atoms with E-state index >= 15 is 0 Å². The molecule has 0 amide bonds. The van der Waals surface area contributed by atoms with E-state index < -0.39 is 0 Å². The molecule has 82 valence electrons. The van der Waals surface area contributed by atoms with Crippen molar-refractivity contribution in [3.63, 3.8) is 0 Å². The molecule has 0 spiro atoms. The highest BCUT2D eigenvalue weighted by Crippen LogP contribution is 2.22. The van der Waals surface area contributed by atoms with E-state index in [1.54, 1.807) is 12.1 Å². The van der Waals surface area contributed by atoms with E-state index in [1.807, 2.05) is 27.0 Å². The molecule has 15 heavy (non-hydrogen) atoms. The molecule has 0 bridgehead atoms. The highest BCUT2D eigenvalue weighted by atomic mass is 79.9. The van der Waals surface area contributed by atoms with Gasteiger partial charge in [0.2, 0.25) is 0 Å². The number of rotatable bonds is 3. The highest BCUT2D eigenvalue weighted by Gasteiger charge is 2.08. The number of likely N-dealkylation sites (N-methyl/N-ethyl adjacent to an activating group) is 1. The highest BCUT2D eigenvalue weighted by molar-refractivity contribution is 9.10. The van der Waals surface area contributed by atoms with Crippen LogP contribution in [-0.2, 0) is 0 Å². The van der Waals surface area contributed by atoms with Crippen LogP contribution >= 0.6 is 15.9 Å². The van der Waals surface area contributed by atoms with E-state index in [0.717, 1.165) is 5.56 Å². The summed E-state index contributed by atoms with van der Waals surface area (Å²) >= 11 is 3.14. The summed E-state index contributed by atoms with van der Waals surface area (Å²) in [6, 6.07) is 5.25. The Hall–Kier alpha value is -0.670. The Balaban J connectivity index is 3.03. The number of benzene rings is 1. The summed E-state index contributed by atoms with van der Waals surface area (Å²) in [5.74, 6) is -0.227. The Morgan fingerprint density at radius 2 is 2.13 bits per heavy atom. The molecule has 1 unspecified atom stereocenters. The van der Waals surface area contributed by atoms with Crippen LogP contribution in [0.1, 0.15) is 25.5 Å². The third kappa shape index (κ3) is 3.43. The summed E-state index contributed by atoms with van der Waals surface area (Å²) in [7, 11) is 1.87. The predicted molar refractivity (Wildman–Crippen MR) is 65.3 cm³/mol. The van der Waals surface area contributed by atoms with Crippen LogP contribution in [0.2, 0.25) is 0 Å². The number of hydrogen-bond donors (Lipinski definition) is 1. The Morgan fingerprint density at radius 1 is 1.47 bits per heavy atom. The van der Waals surface area contributed by atoms with Gasteiger partial charge in [-0.05, 0) is 54.5 Å². The fourth-order valence-electron chi connectivity index (χ4n) is 1.39. The van der Waals surface area contributed by atoms with Crippen LogP contribution in [0.5, 0.6) is 0 Å². The van der Waals surface area contributed by atoms with E-state index in [4.69, 9.17) is 0 Å². The first kappa shape index (κ1) is 12.4. The molecule has 0 radical (unpaired) electrons. The van der Waals surface area contributed by atoms with Crippen molar-refractivity contribution in [3.8, 4) is 0 Å². The van der Waals surface area contributed by atoms with Crippen molar-refractivity contribution in [3.05, 3.63) is 45.7 Å². The van der Waals surface area contributed by atoms with Crippen molar-refractivity contribution < 1.29 is 4.39 Å². The van der Waals surface area contributed by atoms with Crippen molar-refractivity contribution in [1.82, 2.24) is 5.32 Å². The standard InChI is InChI=1S/C12H15BrFN/c1-8(2)6-12(15-3)9-4-5-10(13)11(14)7-9/h4-7,12,15H,1-3H3. The van der Waals surface area contributed by atoms with E-state index in [9.17, 15) is 4.39 Å². The van der Waals surface area contributed by atoms with Gasteiger partial charge in [-0.2, -0.15) is 0 Å². The Kier molecular flexibility index (Phi) is 4.48. The van der Waals surface area contributed by atoms with Gasteiger partial charge in [-0.15, -0.1) is 0 Å². The molecule has 1 aromatic carbocycles. The minimum atomic E-state index is -0.227. The van der Waals surface area contributed by atoms with Crippen molar-refractivity contribution in [1.29, 1.82) is 0 Å². The van der Waals surface area contributed by atoms with Crippen LogP contribution < -0.4 is 5.32 Å². The second-order valence-corrected chi connectivity index (χ2v) is 4.54. The van der Waals surface area contributed by atoms with Gasteiger partial charge in [0.1, 0.15) is 5.82 Å². The second-order valence-electron chi connectivity index (χ2n) is 3.68. The fourth-order valence-corrected chi connectivity index (χ4v) is 1.63. The zero-order valence-electron chi connectivity index (χ0n) is 9.14. The first-order chi connectivity index (χ1) is 7.04. The summed E-state index contributed by atoms with van der Waals surface area (Å²) in [4.78, 5) is 0. The number of halogens is 2. The average Bonchev–Trinajstić information content (AvgIpc) is 2.18. The summed E-state index contributed by atoms with van der Waals surface area (Å²) in [6.45, 7) is 4.05. The molecular formula is C12H15BrFN. The van der Waals surface area contributed by atoms with Crippen LogP contribution in [0.3, 0.4) is 0 Å². The molecule has 0 saturated carbocycles. The lowest BCUT2D eigenvalue weighted by Gasteiger charge is -2.13. The van der Waals surface area contributed by atoms with Crippen molar-refractivity contribution >= 4 is 15.9 Å². The Labute approximate surface area is 98.5 Å². The first-order valence-corrected chi connectivity index (χ1v) is 5.61. The van der Waals surface area contributed by atoms with E-state index in [1.165, 1.54) is 5.57 Å². The van der Waals surface area contributed by atoms with Gasteiger partial charge < -0.3 is 5.32 Å². The van der Waals surface area contributed by atoms with E-state index in [2.05, 4.69) is 27.3 Å². The van der Waals surface area contributed by atoms with Crippen molar-refractivity contribution in [2.24, 2.45) is 0 Å². The molecule has 3 heteroatoms. The number of hydrogen-bond acceptors (Lipinski definition) is 1. The molecule has 1 N–H and O–H groups in total. The third-order valence-corrected chi connectivity index (χ3v) is 2.76. The Morgan fingerprint density at radius 3 is 2.60 bits per heavy atom. The summed E-state index contributed by atoms with van der Waals surface area (Å²) in [6.07, 6.45) is 2.07. The van der Waals surface area contributed by atoms with Crippen LogP contribution in [0.15, 0.2) is 34.3 Å². The molecule has 1 aromatic rings. The molecule has 0 aliphatic heterocycles. The SMILES string of the molecule is CNC(C=C(C)C)c1ccc(Br)c(F)c1. The Bertz CT molecular complexity index is 370. The quantitative estimate of drug-likeness (QED) is 0.825. The minimum Gasteiger partial charge on any atom is -0.310 e. The fraction of sp³-hybridized carbons (Fsp3) is 0.333. The maximum atomic E-state index is 13.3. The van der Waals surface area contributed by atoms with Crippen molar-refractivity contribution in [2.75, 3.05) is 7.05 Å². The monoisotopic (exact) mass is 271 g/mol. The van der Waals surface area contributed by atoms with Gasteiger partial charge in [0.05, 0.1) is 10.5 Å². The number of nitrogens with one attached hydrogen (secondary N) is 1. The molecule has 0 aliphatic rings. The molecule has 0 aliphatic carbocycles. The smallest absolute Gasteiger partial charge is 0.137 e. The first-order valence-electron chi connectivity index (χ1n) is 4.82. The summed E-state index contributed by atoms with van der Waals surface area (Å²) in [5.41, 5.74) is 2.14. The zero-order chi connectivity index (χ0) is 11.4. The van der Waals surface area contributed by atoms with Crippen LogP contribution in [0, 0.1) is 5.82 Å². The van der Waals surface area contributed by atoms with Gasteiger partial charge in [-0.25, -0.2) is 4.39 Å². The maximum absolute atomic E-state index is 13.3. The summed E-state index contributed by atoms with van der Waals surface area (Å²) in [5, 5.41) is 3.14. The van der Waals surface area contributed by atoms with Gasteiger partial charge in [-0.3, -0.25) is 0 Å². The van der Waals surface area contributed by atoms with Crippen molar-refractivity contribution in [2.45, 2.75) is 19.9 Å². The van der Waals surface area contributed by atoms with Crippen LogP contribution in [0.4, 0.5) is 4.39 Å². The molecular weight excluding hydrogens is 257 g/mol. The third-order valence-electron chi connectivity index (χ3n) is 2.11. The molecule has 0 saturated heterocycles. The van der Waals surface area contributed by atoms with Gasteiger partial charge in [-0.1, -0.05) is 17.7 Å². The van der Waals surface area contributed by atoms with Gasteiger partial charge >= 0.3 is 0 Å². The molecule has 0 aromatic heterocycles. The van der Waals surface area contributed by atoms with E-state index in [0.29, 0.717) is 4.47 Å². The number of allylic oxidation sites excluding steroid dienone is 1. The average molecular weight is 272 g/mol. The lowest BCUT2D eigenvalue weighted by atomic mass is 10.0. The molecule has 0 fully saturated rings. The minimum absolute atomic E-state index is 0.0672. The molecule has 1 rings (SSSR count). The van der Waals surface area contributed by atoms with Gasteiger partial charge in [0, 0.05) is 0 Å². The predicted octanol–water partition coefficient (Wildman–Crippen LogP) is 3.81. The van der Waals surface area contributed by atoms with E-state index in [-0.39, 0.29) is 11.9 Å². The summed E-state index contributed by atoms with van der Waals surface area (Å²) < 4.78 is 13.8. The van der Waals surface area contributed by atoms with Gasteiger partial charge in [0.15, 0.2) is 0 Å². The second kappa shape index (κ2) is 5.42. The van der Waals surface area contributed by atoms with Crippen LogP contribution in [-0.4, -0.2) is 7.05 Å². The molecule has 0 heterocycles. The zero-order valence-corrected chi connectivity index (χ0v) is 10.7. The van der Waals surface area contributed by atoms with Crippen LogP contribution in [0.25, 0.3) is 0 Å².